The summed E-state index contributed by atoms with van der Waals surface area (Å²) >= 11 is 0. The largest absolute Gasteiger partial charge is 0.396 e. The van der Waals surface area contributed by atoms with E-state index in [2.05, 4.69) is 32.9 Å². The highest BCUT2D eigenvalue weighted by atomic mass is 16.5. The van der Waals surface area contributed by atoms with Gasteiger partial charge in [-0.3, -0.25) is 4.90 Å². The molecule has 0 spiro atoms. The number of rotatable bonds is 7. The Morgan fingerprint density at radius 1 is 1.08 bits per heavy atom. The van der Waals surface area contributed by atoms with Crippen molar-refractivity contribution in [3.05, 3.63) is 35.7 Å². The molecule has 1 aromatic carbocycles. The maximum atomic E-state index is 8.85. The molecule has 0 aliphatic carbocycles. The van der Waals surface area contributed by atoms with Gasteiger partial charge in [0, 0.05) is 38.3 Å². The zero-order valence-corrected chi connectivity index (χ0v) is 14.3. The molecule has 2 aromatic rings. The minimum absolute atomic E-state index is 0.292. The number of piperazine rings is 1. The molecular formula is C18H26N4O2. The first kappa shape index (κ1) is 17.1. The summed E-state index contributed by atoms with van der Waals surface area (Å²) in [6.07, 6.45) is 1.96. The maximum Gasteiger partial charge on any atom is 0.241 e. The van der Waals surface area contributed by atoms with E-state index < -0.39 is 0 Å². The van der Waals surface area contributed by atoms with Gasteiger partial charge in [0.25, 0.3) is 0 Å². The molecule has 0 radical (unpaired) electrons. The molecule has 6 nitrogen and oxygen atoms in total. The van der Waals surface area contributed by atoms with E-state index in [9.17, 15) is 0 Å². The fourth-order valence-electron chi connectivity index (χ4n) is 3.06. The van der Waals surface area contributed by atoms with E-state index in [1.165, 1.54) is 0 Å². The van der Waals surface area contributed by atoms with Gasteiger partial charge in [0.05, 0.1) is 6.54 Å². The normalized spacial score (nSPS) is 16.6. The Hall–Kier alpha value is -1.76. The molecule has 1 saturated heterocycles. The molecule has 0 amide bonds. The Morgan fingerprint density at radius 2 is 1.83 bits per heavy atom. The minimum atomic E-state index is 0.292. The van der Waals surface area contributed by atoms with Crippen LogP contribution in [0.1, 0.15) is 24.3 Å². The average Bonchev–Trinajstić information content (AvgIpc) is 3.05. The summed E-state index contributed by atoms with van der Waals surface area (Å²) < 4.78 is 5.44. The third-order valence-corrected chi connectivity index (χ3v) is 4.56. The van der Waals surface area contributed by atoms with Crippen molar-refractivity contribution >= 4 is 0 Å². The molecule has 3 rings (SSSR count). The van der Waals surface area contributed by atoms with Crippen LogP contribution < -0.4 is 0 Å². The van der Waals surface area contributed by atoms with Gasteiger partial charge < -0.3 is 14.5 Å². The lowest BCUT2D eigenvalue weighted by atomic mass is 10.1. The quantitative estimate of drug-likeness (QED) is 0.783. The van der Waals surface area contributed by atoms with Gasteiger partial charge in [-0.2, -0.15) is 4.98 Å². The van der Waals surface area contributed by atoms with E-state index in [-0.39, 0.29) is 0 Å². The topological polar surface area (TPSA) is 65.6 Å². The molecular weight excluding hydrogens is 304 g/mol. The Balaban J connectivity index is 1.50. The summed E-state index contributed by atoms with van der Waals surface area (Å²) in [6.45, 7) is 8.29. The number of benzene rings is 1. The molecule has 6 heteroatoms. The molecule has 130 valence electrons. The predicted molar refractivity (Wildman–Crippen MR) is 92.5 cm³/mol. The van der Waals surface area contributed by atoms with E-state index in [0.717, 1.165) is 56.7 Å². The summed E-state index contributed by atoms with van der Waals surface area (Å²) in [5.74, 6) is 1.35. The Morgan fingerprint density at radius 3 is 2.58 bits per heavy atom. The molecule has 0 unspecified atom stereocenters. The predicted octanol–water partition coefficient (Wildman–Crippen LogP) is 1.94. The number of hydrogen-bond donors (Lipinski definition) is 1. The van der Waals surface area contributed by atoms with Crippen LogP contribution in [0.4, 0.5) is 0 Å². The number of hydrogen-bond acceptors (Lipinski definition) is 6. The zero-order valence-electron chi connectivity index (χ0n) is 14.3. The lowest BCUT2D eigenvalue weighted by Gasteiger charge is -2.33. The Kier molecular flexibility index (Phi) is 5.96. The van der Waals surface area contributed by atoms with Gasteiger partial charge in [0.1, 0.15) is 0 Å². The number of aliphatic hydroxyl groups excluding tert-OH is 1. The van der Waals surface area contributed by atoms with E-state index in [0.29, 0.717) is 24.9 Å². The van der Waals surface area contributed by atoms with Crippen molar-refractivity contribution in [3.8, 4) is 11.4 Å². The standard InChI is InChI=1S/C18H26N4O2/c1-15-6-2-3-7-16(15)18-19-17(24-20-18)14-22-11-9-21(10-12-22)8-4-5-13-23/h2-3,6-7,23H,4-5,8-14H2,1H3. The molecule has 2 heterocycles. The molecule has 1 aliphatic heterocycles. The summed E-state index contributed by atoms with van der Waals surface area (Å²) in [4.78, 5) is 9.37. The molecule has 1 aliphatic rings. The monoisotopic (exact) mass is 330 g/mol. The summed E-state index contributed by atoms with van der Waals surface area (Å²) in [5, 5.41) is 13.0. The number of aromatic nitrogens is 2. The second kappa shape index (κ2) is 8.37. The molecule has 0 bridgehead atoms. The molecule has 24 heavy (non-hydrogen) atoms. The smallest absolute Gasteiger partial charge is 0.241 e. The van der Waals surface area contributed by atoms with Gasteiger partial charge in [0.2, 0.25) is 11.7 Å². The molecule has 1 aromatic heterocycles. The SMILES string of the molecule is Cc1ccccc1-c1noc(CN2CCN(CCCCO)CC2)n1. The first-order chi connectivity index (χ1) is 11.8. The average molecular weight is 330 g/mol. The van der Waals surface area contributed by atoms with Gasteiger partial charge in [0.15, 0.2) is 0 Å². The maximum absolute atomic E-state index is 8.85. The number of aliphatic hydroxyl groups is 1. The van der Waals surface area contributed by atoms with E-state index in [4.69, 9.17) is 9.63 Å². The molecule has 0 atom stereocenters. The van der Waals surface area contributed by atoms with Crippen molar-refractivity contribution in [2.75, 3.05) is 39.3 Å². The second-order valence-electron chi connectivity index (χ2n) is 6.38. The van der Waals surface area contributed by atoms with Crippen LogP contribution in [0.2, 0.25) is 0 Å². The Bertz CT molecular complexity index is 635. The van der Waals surface area contributed by atoms with Gasteiger partial charge in [-0.1, -0.05) is 29.4 Å². The van der Waals surface area contributed by atoms with Crippen LogP contribution in [-0.4, -0.2) is 64.4 Å². The van der Waals surface area contributed by atoms with Crippen molar-refractivity contribution in [1.82, 2.24) is 19.9 Å². The van der Waals surface area contributed by atoms with E-state index in [1.54, 1.807) is 0 Å². The van der Waals surface area contributed by atoms with Crippen LogP contribution in [0, 0.1) is 6.92 Å². The van der Waals surface area contributed by atoms with Crippen LogP contribution in [-0.2, 0) is 6.54 Å². The van der Waals surface area contributed by atoms with Crippen molar-refractivity contribution in [2.24, 2.45) is 0 Å². The van der Waals surface area contributed by atoms with Crippen LogP contribution in [0.3, 0.4) is 0 Å². The number of unbranched alkanes of at least 4 members (excludes halogenated alkanes) is 1. The lowest BCUT2D eigenvalue weighted by molar-refractivity contribution is 0.114. The first-order valence-electron chi connectivity index (χ1n) is 8.70. The first-order valence-corrected chi connectivity index (χ1v) is 8.70. The van der Waals surface area contributed by atoms with Crippen molar-refractivity contribution < 1.29 is 9.63 Å². The third kappa shape index (κ3) is 4.41. The Labute approximate surface area is 143 Å². The fraction of sp³-hybridized carbons (Fsp3) is 0.556. The van der Waals surface area contributed by atoms with Crippen molar-refractivity contribution in [1.29, 1.82) is 0 Å². The summed E-state index contributed by atoms with van der Waals surface area (Å²) in [5.41, 5.74) is 2.18. The lowest BCUT2D eigenvalue weighted by Crippen LogP contribution is -2.46. The highest BCUT2D eigenvalue weighted by Gasteiger charge is 2.19. The summed E-state index contributed by atoms with van der Waals surface area (Å²) in [6, 6.07) is 8.09. The van der Waals surface area contributed by atoms with Gasteiger partial charge in [-0.05, 0) is 31.9 Å². The van der Waals surface area contributed by atoms with E-state index >= 15 is 0 Å². The summed E-state index contributed by atoms with van der Waals surface area (Å²) in [7, 11) is 0. The third-order valence-electron chi connectivity index (χ3n) is 4.56. The number of aryl methyl sites for hydroxylation is 1. The molecule has 0 saturated carbocycles. The van der Waals surface area contributed by atoms with Gasteiger partial charge >= 0.3 is 0 Å². The zero-order chi connectivity index (χ0) is 16.8. The second-order valence-corrected chi connectivity index (χ2v) is 6.38. The highest BCUT2D eigenvalue weighted by Crippen LogP contribution is 2.20. The van der Waals surface area contributed by atoms with Crippen molar-refractivity contribution in [3.63, 3.8) is 0 Å². The van der Waals surface area contributed by atoms with E-state index in [1.807, 2.05) is 18.2 Å². The molecule has 1 N–H and O–H groups in total. The van der Waals surface area contributed by atoms with Crippen LogP contribution in [0.15, 0.2) is 28.8 Å². The molecule has 1 fully saturated rings. The fourth-order valence-corrected chi connectivity index (χ4v) is 3.06. The van der Waals surface area contributed by atoms with Crippen molar-refractivity contribution in [2.45, 2.75) is 26.3 Å². The minimum Gasteiger partial charge on any atom is -0.396 e. The number of nitrogens with zero attached hydrogens (tertiary/aromatic N) is 4. The van der Waals surface area contributed by atoms with Gasteiger partial charge in [-0.25, -0.2) is 0 Å². The van der Waals surface area contributed by atoms with Crippen LogP contribution in [0.5, 0.6) is 0 Å². The van der Waals surface area contributed by atoms with Crippen LogP contribution in [0.25, 0.3) is 11.4 Å². The van der Waals surface area contributed by atoms with Gasteiger partial charge in [-0.15, -0.1) is 0 Å². The highest BCUT2D eigenvalue weighted by molar-refractivity contribution is 5.58. The van der Waals surface area contributed by atoms with Crippen LogP contribution >= 0.6 is 0 Å².